The fourth-order valence-electron chi connectivity index (χ4n) is 0.824. The van der Waals surface area contributed by atoms with Crippen LogP contribution in [0.25, 0.3) is 6.08 Å². The lowest BCUT2D eigenvalue weighted by Crippen LogP contribution is -1.78. The molecule has 0 radical (unpaired) electrons. The van der Waals surface area contributed by atoms with Crippen LogP contribution in [0, 0.1) is 12.8 Å². The fraction of sp³-hybridized carbons (Fsp3) is 0.364. The highest BCUT2D eigenvalue weighted by Gasteiger charge is 1.93. The SMILES string of the molecule is C=C.Cc1[nH]ncc1/C=C\C(C)C. The molecule has 0 bridgehead atoms. The molecule has 0 aliphatic rings. The summed E-state index contributed by atoms with van der Waals surface area (Å²) in [5, 5.41) is 6.81. The Labute approximate surface area is 80.4 Å². The molecule has 0 saturated carbocycles. The predicted molar refractivity (Wildman–Crippen MR) is 58.5 cm³/mol. The highest BCUT2D eigenvalue weighted by atomic mass is 15.1. The van der Waals surface area contributed by atoms with E-state index in [2.05, 4.69) is 49.4 Å². The molecule has 0 aromatic carbocycles. The standard InChI is InChI=1S/C9H14N2.C2H4/c1-7(2)4-5-9-6-10-11-8(9)3;1-2/h4-7H,1-3H3,(H,10,11);1-2H2/b5-4-;. The number of hydrogen-bond donors (Lipinski definition) is 1. The summed E-state index contributed by atoms with van der Waals surface area (Å²) in [6.07, 6.45) is 6.11. The molecule has 0 fully saturated rings. The molecule has 1 N–H and O–H groups in total. The molecule has 0 saturated heterocycles. The number of aromatic nitrogens is 2. The number of allylic oxidation sites excluding steroid dienone is 1. The van der Waals surface area contributed by atoms with E-state index in [0.717, 1.165) is 5.69 Å². The van der Waals surface area contributed by atoms with E-state index in [1.54, 1.807) is 0 Å². The molecular formula is C11H18N2. The summed E-state index contributed by atoms with van der Waals surface area (Å²) in [6.45, 7) is 12.3. The summed E-state index contributed by atoms with van der Waals surface area (Å²) in [6, 6.07) is 0. The van der Waals surface area contributed by atoms with Crippen LogP contribution in [0.4, 0.5) is 0 Å². The molecule has 1 aromatic heterocycles. The highest BCUT2D eigenvalue weighted by molar-refractivity contribution is 5.50. The van der Waals surface area contributed by atoms with Crippen LogP contribution in [0.2, 0.25) is 0 Å². The van der Waals surface area contributed by atoms with Crippen molar-refractivity contribution in [2.24, 2.45) is 5.92 Å². The van der Waals surface area contributed by atoms with Gasteiger partial charge in [-0.05, 0) is 12.8 Å². The number of nitrogens with zero attached hydrogens (tertiary/aromatic N) is 1. The Morgan fingerprint density at radius 3 is 2.46 bits per heavy atom. The Morgan fingerprint density at radius 2 is 2.08 bits per heavy atom. The van der Waals surface area contributed by atoms with Gasteiger partial charge in [-0.3, -0.25) is 5.10 Å². The number of aryl methyl sites for hydroxylation is 1. The van der Waals surface area contributed by atoms with E-state index in [4.69, 9.17) is 0 Å². The number of hydrogen-bond acceptors (Lipinski definition) is 1. The molecule has 1 heterocycles. The maximum atomic E-state index is 3.92. The van der Waals surface area contributed by atoms with Gasteiger partial charge in [0.05, 0.1) is 6.20 Å². The summed E-state index contributed by atoms with van der Waals surface area (Å²) >= 11 is 0. The van der Waals surface area contributed by atoms with Gasteiger partial charge in [0.15, 0.2) is 0 Å². The minimum atomic E-state index is 0.601. The molecular weight excluding hydrogens is 160 g/mol. The van der Waals surface area contributed by atoms with Crippen molar-refractivity contribution in [1.82, 2.24) is 10.2 Å². The third-order valence-corrected chi connectivity index (χ3v) is 1.53. The second-order valence-corrected chi connectivity index (χ2v) is 3.05. The second-order valence-electron chi connectivity index (χ2n) is 3.05. The zero-order valence-electron chi connectivity index (χ0n) is 8.67. The third kappa shape index (κ3) is 4.31. The van der Waals surface area contributed by atoms with E-state index in [1.807, 2.05) is 13.1 Å². The van der Waals surface area contributed by atoms with Crippen LogP contribution in [0.3, 0.4) is 0 Å². The zero-order valence-corrected chi connectivity index (χ0v) is 8.67. The van der Waals surface area contributed by atoms with Crippen molar-refractivity contribution in [2.75, 3.05) is 0 Å². The molecule has 0 aliphatic carbocycles. The smallest absolute Gasteiger partial charge is 0.0562 e. The molecule has 2 heteroatoms. The first kappa shape index (κ1) is 11.7. The predicted octanol–water partition coefficient (Wildman–Crippen LogP) is 3.19. The first-order valence-corrected chi connectivity index (χ1v) is 4.38. The van der Waals surface area contributed by atoms with Crippen LogP contribution in [-0.4, -0.2) is 10.2 Å². The van der Waals surface area contributed by atoms with Gasteiger partial charge in [0.2, 0.25) is 0 Å². The average Bonchev–Trinajstić information content (AvgIpc) is 2.51. The Hall–Kier alpha value is -1.31. The lowest BCUT2D eigenvalue weighted by molar-refractivity contribution is 0.836. The third-order valence-electron chi connectivity index (χ3n) is 1.53. The molecule has 0 amide bonds. The second kappa shape index (κ2) is 6.23. The summed E-state index contributed by atoms with van der Waals surface area (Å²) in [5.74, 6) is 0.601. The van der Waals surface area contributed by atoms with Crippen molar-refractivity contribution in [1.29, 1.82) is 0 Å². The van der Waals surface area contributed by atoms with Crippen LogP contribution in [0.15, 0.2) is 25.4 Å². The number of nitrogens with one attached hydrogen (secondary N) is 1. The van der Waals surface area contributed by atoms with E-state index < -0.39 is 0 Å². The zero-order chi connectivity index (χ0) is 10.3. The van der Waals surface area contributed by atoms with Crippen molar-refractivity contribution in [3.8, 4) is 0 Å². The summed E-state index contributed by atoms with van der Waals surface area (Å²) in [7, 11) is 0. The minimum Gasteiger partial charge on any atom is -0.282 e. The van der Waals surface area contributed by atoms with Crippen molar-refractivity contribution in [3.63, 3.8) is 0 Å². The monoisotopic (exact) mass is 178 g/mol. The van der Waals surface area contributed by atoms with Crippen molar-refractivity contribution < 1.29 is 0 Å². The maximum absolute atomic E-state index is 3.92. The van der Waals surface area contributed by atoms with Crippen LogP contribution < -0.4 is 0 Å². The number of rotatable bonds is 2. The molecule has 1 rings (SSSR count). The maximum Gasteiger partial charge on any atom is 0.0562 e. The van der Waals surface area contributed by atoms with Crippen molar-refractivity contribution >= 4 is 6.08 Å². The van der Waals surface area contributed by atoms with Gasteiger partial charge in [-0.1, -0.05) is 26.0 Å². The van der Waals surface area contributed by atoms with Gasteiger partial charge in [0.25, 0.3) is 0 Å². The molecule has 2 nitrogen and oxygen atoms in total. The molecule has 1 aromatic rings. The van der Waals surface area contributed by atoms with E-state index in [9.17, 15) is 0 Å². The minimum absolute atomic E-state index is 0.601. The lowest BCUT2D eigenvalue weighted by atomic mass is 10.1. The quantitative estimate of drug-likeness (QED) is 0.692. The van der Waals surface area contributed by atoms with Gasteiger partial charge in [0.1, 0.15) is 0 Å². The molecule has 0 atom stereocenters. The molecule has 72 valence electrons. The molecule has 0 aliphatic heterocycles. The Balaban J connectivity index is 0.000000671. The van der Waals surface area contributed by atoms with E-state index in [-0.39, 0.29) is 0 Å². The van der Waals surface area contributed by atoms with Gasteiger partial charge < -0.3 is 0 Å². The van der Waals surface area contributed by atoms with Crippen LogP contribution >= 0.6 is 0 Å². The number of aromatic amines is 1. The van der Waals surface area contributed by atoms with Crippen LogP contribution in [0.1, 0.15) is 25.1 Å². The van der Waals surface area contributed by atoms with E-state index >= 15 is 0 Å². The van der Waals surface area contributed by atoms with Crippen LogP contribution in [-0.2, 0) is 0 Å². The Bertz CT molecular complexity index is 259. The molecule has 13 heavy (non-hydrogen) atoms. The largest absolute Gasteiger partial charge is 0.282 e. The Morgan fingerprint density at radius 1 is 1.46 bits per heavy atom. The van der Waals surface area contributed by atoms with Gasteiger partial charge in [-0.2, -0.15) is 5.10 Å². The normalized spacial score (nSPS) is 10.2. The first-order chi connectivity index (χ1) is 6.20. The van der Waals surface area contributed by atoms with Gasteiger partial charge in [-0.15, -0.1) is 13.2 Å². The Kier molecular flexibility index (Phi) is 5.60. The fourth-order valence-corrected chi connectivity index (χ4v) is 0.824. The lowest BCUT2D eigenvalue weighted by Gasteiger charge is -1.92. The van der Waals surface area contributed by atoms with E-state index in [0.29, 0.717) is 5.92 Å². The van der Waals surface area contributed by atoms with Crippen LogP contribution in [0.5, 0.6) is 0 Å². The first-order valence-electron chi connectivity index (χ1n) is 4.38. The van der Waals surface area contributed by atoms with Crippen molar-refractivity contribution in [2.45, 2.75) is 20.8 Å². The summed E-state index contributed by atoms with van der Waals surface area (Å²) < 4.78 is 0. The topological polar surface area (TPSA) is 28.7 Å². The number of H-pyrrole nitrogens is 1. The van der Waals surface area contributed by atoms with Crippen molar-refractivity contribution in [3.05, 3.63) is 36.7 Å². The van der Waals surface area contributed by atoms with E-state index in [1.165, 1.54) is 5.56 Å². The average molecular weight is 178 g/mol. The summed E-state index contributed by atoms with van der Waals surface area (Å²) in [4.78, 5) is 0. The highest BCUT2D eigenvalue weighted by Crippen LogP contribution is 2.06. The molecule has 0 spiro atoms. The summed E-state index contributed by atoms with van der Waals surface area (Å²) in [5.41, 5.74) is 2.31. The van der Waals surface area contributed by atoms with Gasteiger partial charge in [-0.25, -0.2) is 0 Å². The van der Waals surface area contributed by atoms with Gasteiger partial charge in [0, 0.05) is 11.3 Å². The molecule has 0 unspecified atom stereocenters. The van der Waals surface area contributed by atoms with Gasteiger partial charge >= 0.3 is 0 Å².